The van der Waals surface area contributed by atoms with E-state index in [9.17, 15) is 9.90 Å². The normalized spacial score (nSPS) is 13.8. The summed E-state index contributed by atoms with van der Waals surface area (Å²) in [5.41, 5.74) is -1.15. The number of para-hydroxylation sites is 1. The van der Waals surface area contributed by atoms with E-state index in [1.807, 2.05) is 24.3 Å². The number of carbonyl (C=O) groups is 1. The zero-order chi connectivity index (χ0) is 14.8. The number of nitrogens with one attached hydrogen (secondary N) is 2. The molecule has 0 bridgehead atoms. The van der Waals surface area contributed by atoms with E-state index in [-0.39, 0.29) is 12.5 Å². The molecule has 0 saturated heterocycles. The third kappa shape index (κ3) is 2.77. The molecule has 1 aromatic heterocycles. The van der Waals surface area contributed by atoms with Gasteiger partial charge in [-0.2, -0.15) is 4.98 Å². The molecule has 0 saturated carbocycles. The van der Waals surface area contributed by atoms with Crippen molar-refractivity contribution in [3.8, 4) is 0 Å². The SMILES string of the molecule is CNc1nc(NCC(C)(O)C(=O)O)nc2ccccc12. The fraction of sp³-hybridized carbons (Fsp3) is 0.308. The summed E-state index contributed by atoms with van der Waals surface area (Å²) in [6.45, 7) is 1.02. The molecule has 1 aromatic carbocycles. The molecule has 0 aliphatic carbocycles. The molecule has 106 valence electrons. The van der Waals surface area contributed by atoms with Gasteiger partial charge in [-0.05, 0) is 19.1 Å². The highest BCUT2D eigenvalue weighted by Gasteiger charge is 2.29. The highest BCUT2D eigenvalue weighted by Crippen LogP contribution is 2.21. The molecule has 20 heavy (non-hydrogen) atoms. The van der Waals surface area contributed by atoms with Crippen molar-refractivity contribution in [2.24, 2.45) is 0 Å². The molecule has 1 unspecified atom stereocenters. The van der Waals surface area contributed by atoms with E-state index >= 15 is 0 Å². The third-order valence-corrected chi connectivity index (χ3v) is 2.89. The molecule has 0 aliphatic rings. The Labute approximate surface area is 115 Å². The van der Waals surface area contributed by atoms with Crippen LogP contribution in [-0.2, 0) is 4.79 Å². The molecule has 1 atom stereocenters. The van der Waals surface area contributed by atoms with Crippen LogP contribution in [0.3, 0.4) is 0 Å². The molecule has 7 nitrogen and oxygen atoms in total. The molecular formula is C13H16N4O3. The number of nitrogens with zero attached hydrogens (tertiary/aromatic N) is 2. The molecular weight excluding hydrogens is 260 g/mol. The number of anilines is 2. The maximum absolute atomic E-state index is 10.8. The Hall–Kier alpha value is -2.41. The highest BCUT2D eigenvalue weighted by atomic mass is 16.4. The highest BCUT2D eigenvalue weighted by molar-refractivity contribution is 5.89. The maximum atomic E-state index is 10.8. The molecule has 0 fully saturated rings. The molecule has 0 aliphatic heterocycles. The van der Waals surface area contributed by atoms with Gasteiger partial charge in [0.15, 0.2) is 5.60 Å². The molecule has 0 radical (unpaired) electrons. The number of aromatic nitrogens is 2. The van der Waals surface area contributed by atoms with Crippen LogP contribution in [0.1, 0.15) is 6.92 Å². The summed E-state index contributed by atoms with van der Waals surface area (Å²) in [7, 11) is 1.74. The van der Waals surface area contributed by atoms with E-state index in [2.05, 4.69) is 20.6 Å². The van der Waals surface area contributed by atoms with Gasteiger partial charge in [0.25, 0.3) is 0 Å². The van der Waals surface area contributed by atoms with Gasteiger partial charge in [-0.15, -0.1) is 0 Å². The lowest BCUT2D eigenvalue weighted by Crippen LogP contribution is -2.42. The number of benzene rings is 1. The second kappa shape index (κ2) is 5.30. The Kier molecular flexibility index (Phi) is 3.71. The Morgan fingerprint density at radius 1 is 1.35 bits per heavy atom. The Bertz CT molecular complexity index is 643. The van der Waals surface area contributed by atoms with Crippen LogP contribution in [0.25, 0.3) is 10.9 Å². The minimum absolute atomic E-state index is 0.191. The van der Waals surface area contributed by atoms with Crippen molar-refractivity contribution in [3.63, 3.8) is 0 Å². The predicted octanol–water partition coefficient (Wildman–Crippen LogP) is 0.919. The van der Waals surface area contributed by atoms with E-state index in [4.69, 9.17) is 5.11 Å². The van der Waals surface area contributed by atoms with Crippen molar-refractivity contribution in [1.29, 1.82) is 0 Å². The van der Waals surface area contributed by atoms with E-state index < -0.39 is 11.6 Å². The van der Waals surface area contributed by atoms with Crippen LogP contribution >= 0.6 is 0 Å². The minimum atomic E-state index is -1.88. The van der Waals surface area contributed by atoms with Gasteiger partial charge in [0.05, 0.1) is 12.1 Å². The molecule has 2 aromatic rings. The largest absolute Gasteiger partial charge is 0.479 e. The van der Waals surface area contributed by atoms with Crippen molar-refractivity contribution in [2.75, 3.05) is 24.2 Å². The molecule has 1 heterocycles. The van der Waals surface area contributed by atoms with Crippen LogP contribution in [0.2, 0.25) is 0 Å². The number of fused-ring (bicyclic) bond motifs is 1. The van der Waals surface area contributed by atoms with E-state index in [0.29, 0.717) is 5.82 Å². The zero-order valence-corrected chi connectivity index (χ0v) is 11.2. The van der Waals surface area contributed by atoms with Crippen molar-refractivity contribution >= 4 is 28.6 Å². The van der Waals surface area contributed by atoms with Gasteiger partial charge in [-0.1, -0.05) is 12.1 Å². The number of carboxylic acid groups (broad SMARTS) is 1. The minimum Gasteiger partial charge on any atom is -0.479 e. The van der Waals surface area contributed by atoms with Crippen molar-refractivity contribution in [1.82, 2.24) is 9.97 Å². The second-order valence-electron chi connectivity index (χ2n) is 4.60. The van der Waals surface area contributed by atoms with Crippen LogP contribution in [0.15, 0.2) is 24.3 Å². The summed E-state index contributed by atoms with van der Waals surface area (Å²) in [6, 6.07) is 7.46. The van der Waals surface area contributed by atoms with Crippen LogP contribution in [-0.4, -0.2) is 45.3 Å². The molecule has 2 rings (SSSR count). The molecule has 4 N–H and O–H groups in total. The van der Waals surface area contributed by atoms with E-state index in [0.717, 1.165) is 10.9 Å². The topological polar surface area (TPSA) is 107 Å². The van der Waals surface area contributed by atoms with Crippen LogP contribution in [0.4, 0.5) is 11.8 Å². The molecule has 0 amide bonds. The average Bonchev–Trinajstić information content (AvgIpc) is 2.44. The van der Waals surface area contributed by atoms with Gasteiger partial charge in [0, 0.05) is 12.4 Å². The van der Waals surface area contributed by atoms with Gasteiger partial charge < -0.3 is 20.8 Å². The summed E-state index contributed by atoms with van der Waals surface area (Å²) in [6.07, 6.45) is 0. The smallest absolute Gasteiger partial charge is 0.337 e. The molecule has 7 heteroatoms. The monoisotopic (exact) mass is 276 g/mol. The molecule has 0 spiro atoms. The summed E-state index contributed by atoms with van der Waals surface area (Å²) >= 11 is 0. The maximum Gasteiger partial charge on any atom is 0.337 e. The summed E-state index contributed by atoms with van der Waals surface area (Å²) in [5.74, 6) is -0.415. The number of aliphatic carboxylic acids is 1. The predicted molar refractivity (Wildman–Crippen MR) is 75.8 cm³/mol. The second-order valence-corrected chi connectivity index (χ2v) is 4.60. The standard InChI is InChI=1S/C13H16N4O3/c1-13(20,11(18)19)7-15-12-16-9-6-4-3-5-8(9)10(14-2)17-12/h3-6,20H,7H2,1-2H3,(H,18,19)(H2,14,15,16,17). The van der Waals surface area contributed by atoms with Crippen molar-refractivity contribution < 1.29 is 15.0 Å². The van der Waals surface area contributed by atoms with E-state index in [1.165, 1.54) is 6.92 Å². The fourth-order valence-corrected chi connectivity index (χ4v) is 1.67. The van der Waals surface area contributed by atoms with Crippen LogP contribution in [0.5, 0.6) is 0 Å². The van der Waals surface area contributed by atoms with Gasteiger partial charge in [-0.3, -0.25) is 0 Å². The first-order valence-electron chi connectivity index (χ1n) is 6.08. The van der Waals surface area contributed by atoms with E-state index in [1.54, 1.807) is 7.05 Å². The Balaban J connectivity index is 2.29. The summed E-state index contributed by atoms with van der Waals surface area (Å²) in [4.78, 5) is 19.4. The van der Waals surface area contributed by atoms with Crippen LogP contribution in [0, 0.1) is 0 Å². The van der Waals surface area contributed by atoms with Crippen molar-refractivity contribution in [2.45, 2.75) is 12.5 Å². The first-order chi connectivity index (χ1) is 9.44. The van der Waals surface area contributed by atoms with Gasteiger partial charge in [-0.25, -0.2) is 9.78 Å². The lowest BCUT2D eigenvalue weighted by atomic mass is 10.1. The Morgan fingerprint density at radius 3 is 2.70 bits per heavy atom. The lowest BCUT2D eigenvalue weighted by Gasteiger charge is -2.18. The first kappa shape index (κ1) is 14.0. The zero-order valence-electron chi connectivity index (χ0n) is 11.2. The number of hydrogen-bond acceptors (Lipinski definition) is 6. The van der Waals surface area contributed by atoms with Crippen LogP contribution < -0.4 is 10.6 Å². The van der Waals surface area contributed by atoms with Gasteiger partial charge in [0.1, 0.15) is 5.82 Å². The lowest BCUT2D eigenvalue weighted by molar-refractivity contribution is -0.155. The Morgan fingerprint density at radius 2 is 2.05 bits per heavy atom. The number of hydrogen-bond donors (Lipinski definition) is 4. The number of rotatable bonds is 5. The van der Waals surface area contributed by atoms with Crippen molar-refractivity contribution in [3.05, 3.63) is 24.3 Å². The first-order valence-corrected chi connectivity index (χ1v) is 6.08. The average molecular weight is 276 g/mol. The summed E-state index contributed by atoms with van der Waals surface area (Å²) < 4.78 is 0. The fourth-order valence-electron chi connectivity index (χ4n) is 1.67. The third-order valence-electron chi connectivity index (χ3n) is 2.89. The number of carboxylic acids is 1. The number of aliphatic hydroxyl groups is 1. The summed E-state index contributed by atoms with van der Waals surface area (Å²) in [5, 5.41) is 25.1. The quantitative estimate of drug-likeness (QED) is 0.643. The van der Waals surface area contributed by atoms with Gasteiger partial charge in [0.2, 0.25) is 5.95 Å². The van der Waals surface area contributed by atoms with Gasteiger partial charge >= 0.3 is 5.97 Å².